The summed E-state index contributed by atoms with van der Waals surface area (Å²) in [7, 11) is 1.53. The lowest BCUT2D eigenvalue weighted by Gasteiger charge is -2.09. The van der Waals surface area contributed by atoms with E-state index in [1.54, 1.807) is 42.1 Å². The van der Waals surface area contributed by atoms with E-state index in [-0.39, 0.29) is 6.61 Å². The van der Waals surface area contributed by atoms with Gasteiger partial charge in [0.2, 0.25) is 0 Å². The lowest BCUT2D eigenvalue weighted by Crippen LogP contribution is -2.08. The molecule has 162 valence electrons. The van der Waals surface area contributed by atoms with E-state index in [1.807, 2.05) is 36.4 Å². The molecule has 0 unspecified atom stereocenters. The Morgan fingerprint density at radius 1 is 1.00 bits per heavy atom. The lowest BCUT2D eigenvalue weighted by atomic mass is 10.1. The predicted molar refractivity (Wildman–Crippen MR) is 126 cm³/mol. The highest BCUT2D eigenvalue weighted by Gasteiger charge is 2.12. The minimum Gasteiger partial charge on any atom is -0.497 e. The van der Waals surface area contributed by atoms with E-state index in [2.05, 4.69) is 0 Å². The number of benzene rings is 3. The van der Waals surface area contributed by atoms with Gasteiger partial charge in [0.05, 0.1) is 12.7 Å². The molecule has 4 rings (SSSR count). The van der Waals surface area contributed by atoms with Crippen molar-refractivity contribution in [2.75, 3.05) is 7.11 Å². The van der Waals surface area contributed by atoms with Gasteiger partial charge in [-0.2, -0.15) is 0 Å². The van der Waals surface area contributed by atoms with Crippen LogP contribution < -0.4 is 10.4 Å². The first-order chi connectivity index (χ1) is 15.5. The highest BCUT2D eigenvalue weighted by molar-refractivity contribution is 7.98. The molecule has 0 saturated heterocycles. The molecule has 32 heavy (non-hydrogen) atoms. The van der Waals surface area contributed by atoms with Crippen molar-refractivity contribution in [2.45, 2.75) is 17.3 Å². The van der Waals surface area contributed by atoms with Gasteiger partial charge in [-0.1, -0.05) is 23.7 Å². The van der Waals surface area contributed by atoms with Crippen molar-refractivity contribution in [3.05, 3.63) is 105 Å². The van der Waals surface area contributed by atoms with Gasteiger partial charge in [0.1, 0.15) is 17.9 Å². The third-order valence-corrected chi connectivity index (χ3v) is 6.14. The van der Waals surface area contributed by atoms with Crippen LogP contribution in [0.3, 0.4) is 0 Å². The number of halogens is 1. The maximum atomic E-state index is 12.5. The van der Waals surface area contributed by atoms with Crippen LogP contribution in [0.4, 0.5) is 0 Å². The summed E-state index contributed by atoms with van der Waals surface area (Å²) in [5, 5.41) is 1.40. The van der Waals surface area contributed by atoms with Crippen molar-refractivity contribution in [3.8, 4) is 5.75 Å². The fourth-order valence-corrected chi connectivity index (χ4v) is 4.10. The van der Waals surface area contributed by atoms with E-state index < -0.39 is 11.6 Å². The first-order valence-electron chi connectivity index (χ1n) is 9.77. The molecule has 1 heterocycles. The average molecular weight is 467 g/mol. The first kappa shape index (κ1) is 22.0. The summed E-state index contributed by atoms with van der Waals surface area (Å²) in [5.41, 5.74) is 1.97. The van der Waals surface area contributed by atoms with Crippen molar-refractivity contribution in [3.63, 3.8) is 0 Å². The average Bonchev–Trinajstić information content (AvgIpc) is 2.81. The Balaban J connectivity index is 1.40. The summed E-state index contributed by atoms with van der Waals surface area (Å²) >= 11 is 7.60. The van der Waals surface area contributed by atoms with E-state index >= 15 is 0 Å². The van der Waals surface area contributed by atoms with Gasteiger partial charge in [0.15, 0.2) is 0 Å². The fourth-order valence-electron chi connectivity index (χ4n) is 3.12. The number of hydrogen-bond acceptors (Lipinski definition) is 6. The monoisotopic (exact) mass is 466 g/mol. The van der Waals surface area contributed by atoms with E-state index in [9.17, 15) is 9.59 Å². The summed E-state index contributed by atoms with van der Waals surface area (Å²) in [5.74, 6) is 0.882. The minimum absolute atomic E-state index is 0.0402. The van der Waals surface area contributed by atoms with Crippen LogP contribution in [0.1, 0.15) is 21.5 Å². The molecule has 0 atom stereocenters. The normalized spacial score (nSPS) is 10.8. The molecular formula is C25H19ClO5S. The molecule has 0 fully saturated rings. The van der Waals surface area contributed by atoms with Crippen LogP contribution in [-0.4, -0.2) is 13.1 Å². The molecule has 0 radical (unpaired) electrons. The second-order valence-corrected chi connectivity index (χ2v) is 8.45. The second-order valence-electron chi connectivity index (χ2n) is 6.97. The molecule has 7 heteroatoms. The molecule has 3 aromatic carbocycles. The third-order valence-electron chi connectivity index (χ3n) is 4.80. The zero-order valence-electron chi connectivity index (χ0n) is 17.2. The molecule has 0 aliphatic heterocycles. The van der Waals surface area contributed by atoms with Crippen molar-refractivity contribution in [1.82, 2.24) is 0 Å². The van der Waals surface area contributed by atoms with Gasteiger partial charge in [0.25, 0.3) is 0 Å². The number of carbonyl (C=O) groups excluding carboxylic acids is 1. The predicted octanol–water partition coefficient (Wildman–Crippen LogP) is 6.10. The zero-order valence-corrected chi connectivity index (χ0v) is 18.7. The van der Waals surface area contributed by atoms with E-state index in [1.165, 1.54) is 13.2 Å². The molecule has 0 bridgehead atoms. The molecule has 0 spiro atoms. The van der Waals surface area contributed by atoms with Crippen LogP contribution >= 0.6 is 23.4 Å². The van der Waals surface area contributed by atoms with Gasteiger partial charge in [-0.05, 0) is 54.1 Å². The molecule has 0 N–H and O–H groups in total. The van der Waals surface area contributed by atoms with E-state index in [4.69, 9.17) is 25.5 Å². The lowest BCUT2D eigenvalue weighted by molar-refractivity contribution is 0.0474. The molecule has 0 aliphatic rings. The highest BCUT2D eigenvalue weighted by Crippen LogP contribution is 2.25. The van der Waals surface area contributed by atoms with Gasteiger partial charge < -0.3 is 13.9 Å². The molecule has 0 amide bonds. The molecule has 5 nitrogen and oxygen atoms in total. The summed E-state index contributed by atoms with van der Waals surface area (Å²) in [6.45, 7) is -0.0402. The van der Waals surface area contributed by atoms with Crippen molar-refractivity contribution >= 4 is 40.3 Å². The smallest absolute Gasteiger partial charge is 0.338 e. The Hall–Kier alpha value is -3.22. The van der Waals surface area contributed by atoms with Crippen LogP contribution in [0.25, 0.3) is 11.0 Å². The SMILES string of the molecule is COc1ccc2c(COC(=O)c3ccc(CSc4ccc(Cl)cc4)cc3)cc(=O)oc2c1. The van der Waals surface area contributed by atoms with Crippen LogP contribution in [-0.2, 0) is 17.1 Å². The van der Waals surface area contributed by atoms with E-state index in [0.29, 0.717) is 32.9 Å². The van der Waals surface area contributed by atoms with Crippen LogP contribution in [0.5, 0.6) is 5.75 Å². The van der Waals surface area contributed by atoms with Crippen molar-refractivity contribution < 1.29 is 18.7 Å². The Bertz CT molecular complexity index is 1300. The topological polar surface area (TPSA) is 65.7 Å². The third kappa shape index (κ3) is 5.33. The Kier molecular flexibility index (Phi) is 6.83. The second kappa shape index (κ2) is 9.94. The van der Waals surface area contributed by atoms with Crippen molar-refractivity contribution in [1.29, 1.82) is 0 Å². The number of thioether (sulfide) groups is 1. The van der Waals surface area contributed by atoms with E-state index in [0.717, 1.165) is 16.2 Å². The first-order valence-corrected chi connectivity index (χ1v) is 11.1. The van der Waals surface area contributed by atoms with Gasteiger partial charge in [0, 0.05) is 38.8 Å². The number of carbonyl (C=O) groups is 1. The number of fused-ring (bicyclic) bond motifs is 1. The Morgan fingerprint density at radius 2 is 1.75 bits per heavy atom. The zero-order chi connectivity index (χ0) is 22.5. The number of methoxy groups -OCH3 is 1. The quantitative estimate of drug-likeness (QED) is 0.186. The maximum Gasteiger partial charge on any atom is 0.338 e. The van der Waals surface area contributed by atoms with Crippen LogP contribution in [0, 0.1) is 0 Å². The summed E-state index contributed by atoms with van der Waals surface area (Å²) in [6.07, 6.45) is 0. The number of ether oxygens (including phenoxy) is 2. The number of rotatable bonds is 7. The van der Waals surface area contributed by atoms with Gasteiger partial charge in [-0.3, -0.25) is 0 Å². The molecule has 4 aromatic rings. The fraction of sp³-hybridized carbons (Fsp3) is 0.120. The maximum absolute atomic E-state index is 12.5. The molecule has 1 aromatic heterocycles. The minimum atomic E-state index is -0.514. The number of esters is 1. The summed E-state index contributed by atoms with van der Waals surface area (Å²) < 4.78 is 15.8. The summed E-state index contributed by atoms with van der Waals surface area (Å²) in [4.78, 5) is 25.5. The highest BCUT2D eigenvalue weighted by atomic mass is 35.5. The van der Waals surface area contributed by atoms with Crippen LogP contribution in [0.2, 0.25) is 5.02 Å². The molecule has 0 aliphatic carbocycles. The molecule has 0 saturated carbocycles. The number of hydrogen-bond donors (Lipinski definition) is 0. The van der Waals surface area contributed by atoms with Gasteiger partial charge in [-0.25, -0.2) is 9.59 Å². The van der Waals surface area contributed by atoms with Crippen LogP contribution in [0.15, 0.2) is 86.9 Å². The van der Waals surface area contributed by atoms with Gasteiger partial charge in [-0.15, -0.1) is 11.8 Å². The Labute approximate surface area is 193 Å². The standard InChI is InChI=1S/C25H19ClO5S/c1-29-20-8-11-22-18(12-24(27)31-23(22)13-20)14-30-25(28)17-4-2-16(3-5-17)15-32-21-9-6-19(26)7-10-21/h2-13H,14-15H2,1H3. The summed E-state index contributed by atoms with van der Waals surface area (Å²) in [6, 6.07) is 21.4. The van der Waals surface area contributed by atoms with Gasteiger partial charge >= 0.3 is 11.6 Å². The van der Waals surface area contributed by atoms with Crippen molar-refractivity contribution in [2.24, 2.45) is 0 Å². The molecular weight excluding hydrogens is 448 g/mol. The Morgan fingerprint density at radius 3 is 2.47 bits per heavy atom. The largest absolute Gasteiger partial charge is 0.497 e.